The molecular weight excluding hydrogens is 454 g/mol. The third kappa shape index (κ3) is 4.28. The number of fused-ring (bicyclic) bond motifs is 3. The van der Waals surface area contributed by atoms with Crippen LogP contribution in [-0.2, 0) is 10.2 Å². The molecule has 4 heterocycles. The van der Waals surface area contributed by atoms with Crippen molar-refractivity contribution in [1.29, 1.82) is 0 Å². The Labute approximate surface area is 192 Å². The fraction of sp³-hybridized carbons (Fsp3) is 0.333. The second-order valence-electron chi connectivity index (χ2n) is 8.14. The average molecular weight is 475 g/mol. The first-order chi connectivity index (χ1) is 15.7. The van der Waals surface area contributed by atoms with Crippen LogP contribution in [0.25, 0.3) is 11.5 Å². The predicted molar refractivity (Wildman–Crippen MR) is 118 cm³/mol. The standard InChI is InChI=1S/C13H13F2N3O.C8H8ClN5/c1-13(2)3-7(6-19)8-4-16-18-5-9(11(14)15)17-12(18)10(8)13;1-10-6-4-7(9)8(11-5-6)14-12-2-3-13-14/h4-7,11H,3H2,1-2H3;2-5,10H,1H3/t7-;/m1./s1. The summed E-state index contributed by atoms with van der Waals surface area (Å²) in [6.07, 6.45) is 6.58. The number of hydrogen-bond acceptors (Lipinski definition) is 7. The normalized spacial score (nSPS) is 16.4. The lowest BCUT2D eigenvalue weighted by molar-refractivity contribution is -0.109. The highest BCUT2D eigenvalue weighted by Crippen LogP contribution is 2.46. The van der Waals surface area contributed by atoms with E-state index in [1.807, 2.05) is 13.8 Å². The van der Waals surface area contributed by atoms with Crippen LogP contribution >= 0.6 is 11.6 Å². The summed E-state index contributed by atoms with van der Waals surface area (Å²) < 4.78 is 26.8. The van der Waals surface area contributed by atoms with Crippen molar-refractivity contribution in [2.75, 3.05) is 12.4 Å². The third-order valence-corrected chi connectivity index (χ3v) is 5.73. The summed E-state index contributed by atoms with van der Waals surface area (Å²) in [4.78, 5) is 20.6. The lowest BCUT2D eigenvalue weighted by Gasteiger charge is -2.18. The molecule has 5 rings (SSSR count). The number of aldehydes is 1. The van der Waals surface area contributed by atoms with Gasteiger partial charge in [0.05, 0.1) is 41.7 Å². The largest absolute Gasteiger partial charge is 0.387 e. The lowest BCUT2D eigenvalue weighted by Crippen LogP contribution is -2.14. The smallest absolute Gasteiger partial charge is 0.281 e. The van der Waals surface area contributed by atoms with Crippen molar-refractivity contribution in [2.24, 2.45) is 0 Å². The molecule has 33 heavy (non-hydrogen) atoms. The van der Waals surface area contributed by atoms with E-state index in [2.05, 4.69) is 30.6 Å². The Morgan fingerprint density at radius 1 is 1.24 bits per heavy atom. The van der Waals surface area contributed by atoms with E-state index in [0.717, 1.165) is 23.1 Å². The van der Waals surface area contributed by atoms with Gasteiger partial charge < -0.3 is 10.1 Å². The van der Waals surface area contributed by atoms with Crippen LogP contribution in [0.5, 0.6) is 0 Å². The van der Waals surface area contributed by atoms with Crippen molar-refractivity contribution in [1.82, 2.24) is 34.6 Å². The molecule has 0 spiro atoms. The number of alkyl halides is 2. The zero-order chi connectivity index (χ0) is 23.8. The number of hydrogen-bond donors (Lipinski definition) is 1. The van der Waals surface area contributed by atoms with Gasteiger partial charge in [0.1, 0.15) is 12.0 Å². The van der Waals surface area contributed by atoms with Crippen LogP contribution in [0.4, 0.5) is 14.5 Å². The van der Waals surface area contributed by atoms with Crippen LogP contribution in [0.3, 0.4) is 0 Å². The summed E-state index contributed by atoms with van der Waals surface area (Å²) in [5.74, 6) is 0.296. The number of nitrogens with zero attached hydrogens (tertiary/aromatic N) is 7. The minimum absolute atomic E-state index is 0.228. The molecule has 0 fully saturated rings. The molecule has 1 N–H and O–H groups in total. The third-order valence-electron chi connectivity index (χ3n) is 5.45. The highest BCUT2D eigenvalue weighted by atomic mass is 35.5. The number of aromatic nitrogens is 7. The van der Waals surface area contributed by atoms with Crippen molar-refractivity contribution in [3.8, 4) is 5.82 Å². The lowest BCUT2D eigenvalue weighted by atomic mass is 9.86. The molecule has 0 amide bonds. The van der Waals surface area contributed by atoms with Crippen LogP contribution in [0.1, 0.15) is 49.4 Å². The van der Waals surface area contributed by atoms with Gasteiger partial charge in [-0.3, -0.25) is 0 Å². The Balaban J connectivity index is 0.000000165. The van der Waals surface area contributed by atoms with E-state index in [1.165, 1.54) is 15.5 Å². The molecule has 4 aromatic rings. The van der Waals surface area contributed by atoms with E-state index < -0.39 is 6.43 Å². The number of pyridine rings is 1. The van der Waals surface area contributed by atoms with E-state index >= 15 is 0 Å². The minimum Gasteiger partial charge on any atom is -0.387 e. The molecule has 9 nitrogen and oxygen atoms in total. The molecule has 1 atom stereocenters. The SMILES string of the molecule is CC1(C)C[C@H](C=O)c2cnn3cc(C(F)F)nc3c21.CNc1cnc(-n2nccn2)c(Cl)c1. The number of anilines is 1. The molecule has 0 saturated heterocycles. The van der Waals surface area contributed by atoms with Crippen molar-refractivity contribution in [3.63, 3.8) is 0 Å². The summed E-state index contributed by atoms with van der Waals surface area (Å²) in [7, 11) is 1.80. The van der Waals surface area contributed by atoms with Crippen LogP contribution in [0.2, 0.25) is 5.02 Å². The first-order valence-corrected chi connectivity index (χ1v) is 10.4. The number of imidazole rings is 1. The van der Waals surface area contributed by atoms with Crippen LogP contribution in [0, 0.1) is 0 Å². The Kier molecular flexibility index (Phi) is 6.07. The van der Waals surface area contributed by atoms with Crippen molar-refractivity contribution < 1.29 is 13.6 Å². The Bertz CT molecular complexity index is 1290. The van der Waals surface area contributed by atoms with E-state index in [9.17, 15) is 13.6 Å². The molecule has 0 unspecified atom stereocenters. The molecule has 0 saturated carbocycles. The molecule has 1 aliphatic carbocycles. The summed E-state index contributed by atoms with van der Waals surface area (Å²) in [5, 5.41) is 15.4. The summed E-state index contributed by atoms with van der Waals surface area (Å²) in [6.45, 7) is 3.98. The first-order valence-electron chi connectivity index (χ1n) is 10.1. The van der Waals surface area contributed by atoms with Gasteiger partial charge in [-0.15, -0.1) is 4.80 Å². The van der Waals surface area contributed by atoms with Gasteiger partial charge in [-0.2, -0.15) is 15.3 Å². The maximum Gasteiger partial charge on any atom is 0.281 e. The van der Waals surface area contributed by atoms with Gasteiger partial charge in [-0.05, 0) is 23.5 Å². The van der Waals surface area contributed by atoms with Gasteiger partial charge in [0.25, 0.3) is 6.43 Å². The maximum absolute atomic E-state index is 12.7. The second kappa shape index (κ2) is 8.81. The topological polar surface area (TPSA) is 103 Å². The molecule has 12 heteroatoms. The van der Waals surface area contributed by atoms with Crippen LogP contribution in [-0.4, -0.2) is 47.9 Å². The molecule has 4 aromatic heterocycles. The van der Waals surface area contributed by atoms with E-state index in [1.54, 1.807) is 37.9 Å². The zero-order valence-corrected chi connectivity index (χ0v) is 18.8. The van der Waals surface area contributed by atoms with Crippen LogP contribution in [0.15, 0.2) is 37.1 Å². The molecule has 0 aromatic carbocycles. The van der Waals surface area contributed by atoms with Crippen molar-refractivity contribution in [3.05, 3.63) is 58.9 Å². The molecule has 172 valence electrons. The van der Waals surface area contributed by atoms with E-state index in [4.69, 9.17) is 11.6 Å². The van der Waals surface area contributed by atoms with Gasteiger partial charge >= 0.3 is 0 Å². The number of carbonyl (C=O) groups excluding carboxylic acids is 1. The quantitative estimate of drug-likeness (QED) is 0.446. The average Bonchev–Trinajstić information content (AvgIpc) is 3.51. The molecule has 1 aliphatic rings. The van der Waals surface area contributed by atoms with Crippen molar-refractivity contribution in [2.45, 2.75) is 38.0 Å². The predicted octanol–water partition coefficient (Wildman–Crippen LogP) is 3.99. The highest BCUT2D eigenvalue weighted by molar-refractivity contribution is 6.32. The van der Waals surface area contributed by atoms with Crippen LogP contribution < -0.4 is 5.32 Å². The van der Waals surface area contributed by atoms with Gasteiger partial charge in [-0.1, -0.05) is 25.4 Å². The molecule has 0 bridgehead atoms. The zero-order valence-electron chi connectivity index (χ0n) is 18.1. The number of carbonyl (C=O) groups is 1. The maximum atomic E-state index is 12.7. The molecule has 0 aliphatic heterocycles. The summed E-state index contributed by atoms with van der Waals surface area (Å²) in [6, 6.07) is 1.77. The van der Waals surface area contributed by atoms with E-state index in [0.29, 0.717) is 22.9 Å². The van der Waals surface area contributed by atoms with Crippen molar-refractivity contribution >= 4 is 29.2 Å². The number of rotatable bonds is 4. The molecular formula is C21H21ClF2N8O. The monoisotopic (exact) mass is 474 g/mol. The summed E-state index contributed by atoms with van der Waals surface area (Å²) >= 11 is 6.00. The number of nitrogens with one attached hydrogen (secondary N) is 1. The minimum atomic E-state index is -2.62. The van der Waals surface area contributed by atoms with E-state index in [-0.39, 0.29) is 17.0 Å². The molecule has 0 radical (unpaired) electrons. The van der Waals surface area contributed by atoms with Gasteiger partial charge in [0.15, 0.2) is 11.5 Å². The highest BCUT2D eigenvalue weighted by Gasteiger charge is 2.39. The summed E-state index contributed by atoms with van der Waals surface area (Å²) in [5.41, 5.74) is 2.39. The first kappa shape index (κ1) is 22.7. The van der Waals surface area contributed by atoms with Gasteiger partial charge in [0, 0.05) is 18.5 Å². The second-order valence-corrected chi connectivity index (χ2v) is 8.55. The Hall–Kier alpha value is -3.47. The fourth-order valence-electron chi connectivity index (χ4n) is 3.97. The Morgan fingerprint density at radius 2 is 1.97 bits per heavy atom. The fourth-order valence-corrected chi connectivity index (χ4v) is 4.21. The Morgan fingerprint density at radius 3 is 2.58 bits per heavy atom. The van der Waals surface area contributed by atoms with Gasteiger partial charge in [-0.25, -0.2) is 23.3 Å². The number of halogens is 3. The van der Waals surface area contributed by atoms with Gasteiger partial charge in [0.2, 0.25) is 0 Å².